The van der Waals surface area contributed by atoms with Crippen LogP contribution in [0.25, 0.3) is 0 Å². The summed E-state index contributed by atoms with van der Waals surface area (Å²) in [6, 6.07) is 5.48. The van der Waals surface area contributed by atoms with Gasteiger partial charge in [-0.3, -0.25) is 4.79 Å². The lowest BCUT2D eigenvalue weighted by molar-refractivity contribution is -0.129. The zero-order chi connectivity index (χ0) is 13.5. The van der Waals surface area contributed by atoms with Gasteiger partial charge in [0.25, 0.3) is 0 Å². The number of likely N-dealkylation sites (N-methyl/N-ethyl adjacent to an activating group) is 1. The van der Waals surface area contributed by atoms with Gasteiger partial charge >= 0.3 is 0 Å². The molecule has 1 aromatic rings. The second kappa shape index (κ2) is 7.24. The van der Waals surface area contributed by atoms with Crippen LogP contribution in [0.4, 0.5) is 0 Å². The molecule has 5 heteroatoms. The lowest BCUT2D eigenvalue weighted by Gasteiger charge is -2.17. The number of methoxy groups -OCH3 is 1. The van der Waals surface area contributed by atoms with Crippen molar-refractivity contribution in [3.63, 3.8) is 0 Å². The fraction of sp³-hybridized carbons (Fsp3) is 0.462. The molecule has 100 valence electrons. The number of ether oxygens (including phenoxy) is 1. The van der Waals surface area contributed by atoms with Crippen molar-refractivity contribution in [3.05, 3.63) is 28.8 Å². The first-order valence-electron chi connectivity index (χ1n) is 5.85. The molecule has 0 atom stereocenters. The van der Waals surface area contributed by atoms with Crippen molar-refractivity contribution >= 4 is 17.5 Å². The smallest absolute Gasteiger partial charge is 0.223 e. The van der Waals surface area contributed by atoms with Crippen molar-refractivity contribution in [1.29, 1.82) is 0 Å². The van der Waals surface area contributed by atoms with E-state index in [0.29, 0.717) is 31.0 Å². The predicted molar refractivity (Wildman–Crippen MR) is 73.0 cm³/mol. The molecule has 1 aromatic carbocycles. The number of hydrogen-bond acceptors (Lipinski definition) is 3. The van der Waals surface area contributed by atoms with Crippen molar-refractivity contribution in [3.8, 4) is 5.75 Å². The Morgan fingerprint density at radius 2 is 2.22 bits per heavy atom. The molecule has 0 heterocycles. The van der Waals surface area contributed by atoms with Gasteiger partial charge in [-0.25, -0.2) is 0 Å². The topological polar surface area (TPSA) is 55.6 Å². The number of hydrogen-bond donors (Lipinski definition) is 1. The summed E-state index contributed by atoms with van der Waals surface area (Å²) in [6.45, 7) is 0.999. The first-order chi connectivity index (χ1) is 8.58. The average molecular weight is 271 g/mol. The lowest BCUT2D eigenvalue weighted by atomic mass is 10.1. The average Bonchev–Trinajstić information content (AvgIpc) is 2.36. The molecule has 1 amide bonds. The predicted octanol–water partition coefficient (Wildman–Crippen LogP) is 1.70. The van der Waals surface area contributed by atoms with Crippen LogP contribution in [-0.2, 0) is 11.2 Å². The fourth-order valence-corrected chi connectivity index (χ4v) is 1.86. The van der Waals surface area contributed by atoms with Crippen LogP contribution >= 0.6 is 11.6 Å². The number of carbonyl (C=O) groups excluding carboxylic acids is 1. The molecular weight excluding hydrogens is 252 g/mol. The number of carbonyl (C=O) groups is 1. The Bertz CT molecular complexity index is 410. The van der Waals surface area contributed by atoms with Crippen LogP contribution in [0.3, 0.4) is 0 Å². The largest absolute Gasteiger partial charge is 0.496 e. The molecule has 0 saturated carbocycles. The number of nitrogens with two attached hydrogens (primary N) is 1. The third-order valence-electron chi connectivity index (χ3n) is 2.74. The molecule has 0 saturated heterocycles. The number of nitrogens with zero attached hydrogens (tertiary/aromatic N) is 1. The van der Waals surface area contributed by atoms with Gasteiger partial charge in [0.1, 0.15) is 5.75 Å². The Hall–Kier alpha value is -1.26. The molecule has 0 aliphatic rings. The van der Waals surface area contributed by atoms with Crippen LogP contribution in [0, 0.1) is 0 Å². The van der Waals surface area contributed by atoms with Gasteiger partial charge in [-0.1, -0.05) is 11.6 Å². The number of rotatable bonds is 6. The number of amides is 1. The summed E-state index contributed by atoms with van der Waals surface area (Å²) in [5.41, 5.74) is 6.35. The summed E-state index contributed by atoms with van der Waals surface area (Å²) in [4.78, 5) is 13.2. The van der Waals surface area contributed by atoms with E-state index >= 15 is 0 Å². The van der Waals surface area contributed by atoms with E-state index in [1.54, 1.807) is 25.1 Å². The van der Waals surface area contributed by atoms with Crippen molar-refractivity contribution in [1.82, 2.24) is 4.90 Å². The van der Waals surface area contributed by atoms with Crippen LogP contribution in [0.5, 0.6) is 5.75 Å². The van der Waals surface area contributed by atoms with Gasteiger partial charge in [0, 0.05) is 31.6 Å². The van der Waals surface area contributed by atoms with Crippen molar-refractivity contribution in [2.75, 3.05) is 27.2 Å². The molecule has 0 fully saturated rings. The molecule has 2 N–H and O–H groups in total. The van der Waals surface area contributed by atoms with E-state index in [2.05, 4.69) is 0 Å². The van der Waals surface area contributed by atoms with E-state index in [-0.39, 0.29) is 5.91 Å². The Labute approximate surface area is 113 Å². The van der Waals surface area contributed by atoms with Crippen LogP contribution < -0.4 is 10.5 Å². The molecule has 4 nitrogen and oxygen atoms in total. The molecular formula is C13H19ClN2O2. The molecule has 0 spiro atoms. The van der Waals surface area contributed by atoms with Gasteiger partial charge in [0.2, 0.25) is 5.91 Å². The van der Waals surface area contributed by atoms with E-state index in [9.17, 15) is 4.79 Å². The first kappa shape index (κ1) is 14.8. The molecule has 0 unspecified atom stereocenters. The van der Waals surface area contributed by atoms with Gasteiger partial charge in [-0.05, 0) is 30.2 Å². The highest BCUT2D eigenvalue weighted by atomic mass is 35.5. The summed E-state index contributed by atoms with van der Waals surface area (Å²) in [5.74, 6) is 0.845. The number of halogens is 1. The Morgan fingerprint density at radius 3 is 2.83 bits per heavy atom. The van der Waals surface area contributed by atoms with E-state index in [1.165, 1.54) is 0 Å². The second-order valence-electron chi connectivity index (χ2n) is 4.06. The van der Waals surface area contributed by atoms with Crippen molar-refractivity contribution in [2.24, 2.45) is 5.73 Å². The normalized spacial score (nSPS) is 10.2. The van der Waals surface area contributed by atoms with E-state index in [1.807, 2.05) is 12.1 Å². The minimum Gasteiger partial charge on any atom is -0.496 e. The highest BCUT2D eigenvalue weighted by Crippen LogP contribution is 2.23. The Kier molecular flexibility index (Phi) is 5.95. The standard InChI is InChI=1S/C13H19ClN2O2/c1-16(13(17)5-7-15)8-6-10-9-11(14)3-4-12(10)18-2/h3-4,9H,5-8,15H2,1-2H3. The van der Waals surface area contributed by atoms with Crippen LogP contribution in [0.15, 0.2) is 18.2 Å². The summed E-state index contributed by atoms with van der Waals surface area (Å²) >= 11 is 5.95. The molecule has 0 aliphatic carbocycles. The van der Waals surface area contributed by atoms with E-state index < -0.39 is 0 Å². The second-order valence-corrected chi connectivity index (χ2v) is 4.50. The van der Waals surface area contributed by atoms with Gasteiger partial charge < -0.3 is 15.4 Å². The van der Waals surface area contributed by atoms with Crippen LogP contribution in [0.2, 0.25) is 5.02 Å². The maximum Gasteiger partial charge on any atom is 0.223 e. The molecule has 0 radical (unpaired) electrons. The van der Waals surface area contributed by atoms with Gasteiger partial charge in [0.05, 0.1) is 7.11 Å². The van der Waals surface area contributed by atoms with Crippen molar-refractivity contribution in [2.45, 2.75) is 12.8 Å². The zero-order valence-corrected chi connectivity index (χ0v) is 11.5. The van der Waals surface area contributed by atoms with Crippen LogP contribution in [-0.4, -0.2) is 38.1 Å². The highest BCUT2D eigenvalue weighted by Gasteiger charge is 2.09. The minimum atomic E-state index is 0.0542. The minimum absolute atomic E-state index is 0.0542. The third-order valence-corrected chi connectivity index (χ3v) is 2.98. The maximum atomic E-state index is 11.6. The lowest BCUT2D eigenvalue weighted by Crippen LogP contribution is -2.30. The van der Waals surface area contributed by atoms with E-state index in [4.69, 9.17) is 22.1 Å². The van der Waals surface area contributed by atoms with Gasteiger partial charge in [-0.15, -0.1) is 0 Å². The summed E-state index contributed by atoms with van der Waals surface area (Å²) < 4.78 is 5.26. The molecule has 18 heavy (non-hydrogen) atoms. The number of benzene rings is 1. The SMILES string of the molecule is COc1ccc(Cl)cc1CCN(C)C(=O)CCN. The fourth-order valence-electron chi connectivity index (χ4n) is 1.67. The van der Waals surface area contributed by atoms with Gasteiger partial charge in [-0.2, -0.15) is 0 Å². The Morgan fingerprint density at radius 1 is 1.50 bits per heavy atom. The first-order valence-corrected chi connectivity index (χ1v) is 6.22. The van der Waals surface area contributed by atoms with Crippen molar-refractivity contribution < 1.29 is 9.53 Å². The van der Waals surface area contributed by atoms with E-state index in [0.717, 1.165) is 11.3 Å². The molecule has 0 aromatic heterocycles. The van der Waals surface area contributed by atoms with Crippen LogP contribution in [0.1, 0.15) is 12.0 Å². The monoisotopic (exact) mass is 270 g/mol. The third kappa shape index (κ3) is 4.20. The summed E-state index contributed by atoms with van der Waals surface area (Å²) in [5, 5.41) is 0.668. The molecule has 0 aliphatic heterocycles. The maximum absolute atomic E-state index is 11.6. The molecule has 1 rings (SSSR count). The quantitative estimate of drug-likeness (QED) is 0.856. The summed E-state index contributed by atoms with van der Waals surface area (Å²) in [7, 11) is 3.39. The zero-order valence-electron chi connectivity index (χ0n) is 10.8. The highest BCUT2D eigenvalue weighted by molar-refractivity contribution is 6.30. The van der Waals surface area contributed by atoms with Gasteiger partial charge in [0.15, 0.2) is 0 Å². The Balaban J connectivity index is 2.62. The molecule has 0 bridgehead atoms. The summed E-state index contributed by atoms with van der Waals surface area (Å²) in [6.07, 6.45) is 1.08.